The summed E-state index contributed by atoms with van der Waals surface area (Å²) in [4.78, 5) is 22.2. The van der Waals surface area contributed by atoms with Gasteiger partial charge in [0.1, 0.15) is 0 Å². The Morgan fingerprint density at radius 3 is 2.61 bits per heavy atom. The summed E-state index contributed by atoms with van der Waals surface area (Å²) in [6.07, 6.45) is 2.26. The van der Waals surface area contributed by atoms with E-state index in [1.807, 2.05) is 12.1 Å². The Morgan fingerprint density at radius 1 is 1.17 bits per heavy atom. The maximum atomic E-state index is 11.2. The molecule has 0 spiro atoms. The van der Waals surface area contributed by atoms with Crippen molar-refractivity contribution < 1.29 is 14.3 Å². The maximum absolute atomic E-state index is 11.2. The van der Waals surface area contributed by atoms with Crippen LogP contribution in [0, 0.1) is 0 Å². The topological polar surface area (TPSA) is 55.4 Å². The highest BCUT2D eigenvalue weighted by molar-refractivity contribution is 6.16. The van der Waals surface area contributed by atoms with E-state index >= 15 is 0 Å². The van der Waals surface area contributed by atoms with E-state index in [1.165, 1.54) is 11.6 Å². The number of rotatable bonds is 5. The van der Waals surface area contributed by atoms with Gasteiger partial charge in [0.2, 0.25) is 0 Å². The van der Waals surface area contributed by atoms with Crippen LogP contribution < -0.4 is 5.32 Å². The molecule has 4 nitrogen and oxygen atoms in total. The van der Waals surface area contributed by atoms with E-state index in [9.17, 15) is 9.59 Å². The van der Waals surface area contributed by atoms with Crippen LogP contribution in [0.3, 0.4) is 0 Å². The van der Waals surface area contributed by atoms with Crippen molar-refractivity contribution in [2.24, 2.45) is 0 Å². The Morgan fingerprint density at radius 2 is 1.94 bits per heavy atom. The molecule has 1 aliphatic heterocycles. The molecular formula is C14H15NO3. The zero-order chi connectivity index (χ0) is 13.0. The molecule has 0 aromatic heterocycles. The molecule has 1 heterocycles. The van der Waals surface area contributed by atoms with Crippen LogP contribution in [0.15, 0.2) is 35.9 Å². The first-order valence-electron chi connectivity index (χ1n) is 5.90. The van der Waals surface area contributed by atoms with Crippen LogP contribution in [0.4, 0.5) is 0 Å². The van der Waals surface area contributed by atoms with Gasteiger partial charge < -0.3 is 4.74 Å². The summed E-state index contributed by atoms with van der Waals surface area (Å²) in [5.74, 6) is -0.728. The molecule has 1 N–H and O–H groups in total. The monoisotopic (exact) mass is 245 g/mol. The zero-order valence-electron chi connectivity index (χ0n) is 10.2. The van der Waals surface area contributed by atoms with E-state index in [0.717, 1.165) is 12.0 Å². The first kappa shape index (κ1) is 12.5. The van der Waals surface area contributed by atoms with Gasteiger partial charge >= 0.3 is 0 Å². The highest BCUT2D eigenvalue weighted by Gasteiger charge is 2.20. The summed E-state index contributed by atoms with van der Waals surface area (Å²) in [5, 5.41) is 2.18. The van der Waals surface area contributed by atoms with E-state index in [-0.39, 0.29) is 18.4 Å². The van der Waals surface area contributed by atoms with Crippen LogP contribution in [-0.4, -0.2) is 18.4 Å². The van der Waals surface area contributed by atoms with Crippen molar-refractivity contribution in [3.63, 3.8) is 0 Å². The average molecular weight is 245 g/mol. The van der Waals surface area contributed by atoms with Crippen molar-refractivity contribution in [3.8, 4) is 0 Å². The van der Waals surface area contributed by atoms with E-state index in [2.05, 4.69) is 24.4 Å². The second-order valence-corrected chi connectivity index (χ2v) is 4.15. The number of benzene rings is 1. The number of hydrogen-bond acceptors (Lipinski definition) is 3. The van der Waals surface area contributed by atoms with Crippen LogP contribution in [0.1, 0.15) is 18.1 Å². The molecule has 0 unspecified atom stereocenters. The van der Waals surface area contributed by atoms with Crippen molar-refractivity contribution in [2.45, 2.75) is 20.0 Å². The van der Waals surface area contributed by atoms with Crippen LogP contribution in [0.2, 0.25) is 0 Å². The van der Waals surface area contributed by atoms with Gasteiger partial charge in [-0.15, -0.1) is 0 Å². The van der Waals surface area contributed by atoms with Gasteiger partial charge in [0.25, 0.3) is 11.8 Å². The highest BCUT2D eigenvalue weighted by atomic mass is 16.5. The number of carbonyl (C=O) groups is 2. The van der Waals surface area contributed by atoms with E-state index in [4.69, 9.17) is 4.74 Å². The average Bonchev–Trinajstić information content (AvgIpc) is 2.68. The lowest BCUT2D eigenvalue weighted by Gasteiger charge is -2.05. The molecule has 18 heavy (non-hydrogen) atoms. The summed E-state index contributed by atoms with van der Waals surface area (Å²) in [5.41, 5.74) is 2.70. The molecule has 0 aliphatic carbocycles. The minimum Gasteiger partial charge on any atom is -0.372 e. The SMILES string of the molecule is CCc1cccc(COCC2=CC(=O)NC2=O)c1. The molecule has 2 rings (SSSR count). The molecule has 2 amide bonds. The fourth-order valence-electron chi connectivity index (χ4n) is 1.78. The standard InChI is InChI=1S/C14H15NO3/c1-2-10-4-3-5-11(6-10)8-18-9-12-7-13(16)15-14(12)17/h3-7H,2,8-9H2,1H3,(H,15,16,17). The number of carbonyl (C=O) groups excluding carboxylic acids is 2. The second-order valence-electron chi connectivity index (χ2n) is 4.15. The Labute approximate surface area is 106 Å². The van der Waals surface area contributed by atoms with E-state index in [0.29, 0.717) is 12.2 Å². The van der Waals surface area contributed by atoms with Crippen LogP contribution >= 0.6 is 0 Å². The van der Waals surface area contributed by atoms with Gasteiger partial charge in [-0.1, -0.05) is 31.2 Å². The predicted molar refractivity (Wildman–Crippen MR) is 66.7 cm³/mol. The summed E-state index contributed by atoms with van der Waals surface area (Å²) in [6, 6.07) is 8.11. The lowest BCUT2D eigenvalue weighted by molar-refractivity contribution is -0.124. The van der Waals surface area contributed by atoms with Gasteiger partial charge in [-0.3, -0.25) is 14.9 Å². The molecule has 0 saturated heterocycles. The molecule has 0 radical (unpaired) electrons. The Kier molecular flexibility index (Phi) is 3.89. The van der Waals surface area contributed by atoms with Gasteiger partial charge in [-0.2, -0.15) is 0 Å². The molecule has 1 aromatic rings. The van der Waals surface area contributed by atoms with Crippen molar-refractivity contribution in [1.82, 2.24) is 5.32 Å². The Bertz CT molecular complexity index is 506. The molecular weight excluding hydrogens is 230 g/mol. The van der Waals surface area contributed by atoms with E-state index < -0.39 is 0 Å². The minimum absolute atomic E-state index is 0.161. The Balaban J connectivity index is 1.87. The van der Waals surface area contributed by atoms with Crippen molar-refractivity contribution in [2.75, 3.05) is 6.61 Å². The van der Waals surface area contributed by atoms with Gasteiger partial charge in [-0.05, 0) is 17.5 Å². The first-order valence-corrected chi connectivity index (χ1v) is 5.90. The quantitative estimate of drug-likeness (QED) is 0.797. The van der Waals surface area contributed by atoms with Crippen molar-refractivity contribution >= 4 is 11.8 Å². The number of aryl methyl sites for hydroxylation is 1. The zero-order valence-corrected chi connectivity index (χ0v) is 10.2. The van der Waals surface area contributed by atoms with Crippen molar-refractivity contribution in [1.29, 1.82) is 0 Å². The second kappa shape index (κ2) is 5.60. The molecule has 1 aliphatic rings. The smallest absolute Gasteiger partial charge is 0.256 e. The first-order chi connectivity index (χ1) is 8.69. The van der Waals surface area contributed by atoms with Gasteiger partial charge in [0.15, 0.2) is 0 Å². The van der Waals surface area contributed by atoms with E-state index in [1.54, 1.807) is 0 Å². The molecule has 0 saturated carbocycles. The maximum Gasteiger partial charge on any atom is 0.256 e. The Hall–Kier alpha value is -1.94. The largest absolute Gasteiger partial charge is 0.372 e. The molecule has 4 heteroatoms. The number of hydrogen-bond donors (Lipinski definition) is 1. The number of ether oxygens (including phenoxy) is 1. The normalized spacial score (nSPS) is 14.6. The predicted octanol–water partition coefficient (Wildman–Crippen LogP) is 1.35. The molecule has 94 valence electrons. The third-order valence-electron chi connectivity index (χ3n) is 2.76. The summed E-state index contributed by atoms with van der Waals surface area (Å²) in [6.45, 7) is 2.69. The third kappa shape index (κ3) is 3.05. The highest BCUT2D eigenvalue weighted by Crippen LogP contribution is 2.09. The van der Waals surface area contributed by atoms with Crippen LogP contribution in [0.5, 0.6) is 0 Å². The molecule has 1 aromatic carbocycles. The summed E-state index contributed by atoms with van der Waals surface area (Å²) < 4.78 is 5.44. The molecule has 0 fully saturated rings. The van der Waals surface area contributed by atoms with Gasteiger partial charge in [0.05, 0.1) is 13.2 Å². The third-order valence-corrected chi connectivity index (χ3v) is 2.76. The lowest BCUT2D eigenvalue weighted by Crippen LogP contribution is -2.23. The number of imide groups is 1. The van der Waals surface area contributed by atoms with Crippen LogP contribution in [-0.2, 0) is 27.4 Å². The lowest BCUT2D eigenvalue weighted by atomic mass is 10.1. The van der Waals surface area contributed by atoms with Crippen molar-refractivity contribution in [3.05, 3.63) is 47.0 Å². The van der Waals surface area contributed by atoms with Gasteiger partial charge in [0, 0.05) is 11.6 Å². The number of nitrogens with one attached hydrogen (secondary N) is 1. The minimum atomic E-state index is -0.369. The molecule has 0 atom stereocenters. The fraction of sp³-hybridized carbons (Fsp3) is 0.286. The van der Waals surface area contributed by atoms with Crippen LogP contribution in [0.25, 0.3) is 0 Å². The fourth-order valence-corrected chi connectivity index (χ4v) is 1.78. The number of amides is 2. The van der Waals surface area contributed by atoms with Gasteiger partial charge in [-0.25, -0.2) is 0 Å². The molecule has 0 bridgehead atoms. The summed E-state index contributed by atoms with van der Waals surface area (Å²) >= 11 is 0. The summed E-state index contributed by atoms with van der Waals surface area (Å²) in [7, 11) is 0.